The van der Waals surface area contributed by atoms with Gasteiger partial charge in [-0.15, -0.1) is 0 Å². The number of nitrogens with two attached hydrogens (primary N) is 1. The van der Waals surface area contributed by atoms with Crippen LogP contribution in [0.4, 0.5) is 11.4 Å². The third-order valence-corrected chi connectivity index (χ3v) is 4.66. The fourth-order valence-corrected chi connectivity index (χ4v) is 2.94. The summed E-state index contributed by atoms with van der Waals surface area (Å²) in [6.07, 6.45) is 0.667. The number of benzene rings is 2. The van der Waals surface area contributed by atoms with Crippen molar-refractivity contribution in [2.24, 2.45) is 5.14 Å². The summed E-state index contributed by atoms with van der Waals surface area (Å²) in [5.74, 6) is 0.710. The molecule has 0 spiro atoms. The number of rotatable bonds is 7. The molecule has 0 aromatic heterocycles. The van der Waals surface area contributed by atoms with Crippen LogP contribution in [0.15, 0.2) is 47.4 Å². The molecule has 25 heavy (non-hydrogen) atoms. The monoisotopic (exact) mass is 365 g/mol. The fourth-order valence-electron chi connectivity index (χ4n) is 2.41. The summed E-state index contributed by atoms with van der Waals surface area (Å²) in [4.78, 5) is 10.4. The van der Waals surface area contributed by atoms with E-state index in [2.05, 4.69) is 5.32 Å². The van der Waals surface area contributed by atoms with E-state index in [9.17, 15) is 18.5 Å². The highest BCUT2D eigenvalue weighted by Crippen LogP contribution is 2.32. The van der Waals surface area contributed by atoms with Crippen LogP contribution in [0.5, 0.6) is 5.75 Å². The highest BCUT2D eigenvalue weighted by atomic mass is 32.2. The minimum atomic E-state index is -4.02. The molecule has 9 heteroatoms. The van der Waals surface area contributed by atoms with Gasteiger partial charge in [-0.1, -0.05) is 19.1 Å². The summed E-state index contributed by atoms with van der Waals surface area (Å²) < 4.78 is 27.9. The van der Waals surface area contributed by atoms with E-state index in [0.717, 1.165) is 11.6 Å². The van der Waals surface area contributed by atoms with Crippen molar-refractivity contribution >= 4 is 21.4 Å². The first-order valence-corrected chi connectivity index (χ1v) is 9.02. The van der Waals surface area contributed by atoms with E-state index in [-0.39, 0.29) is 22.3 Å². The Morgan fingerprint density at radius 3 is 2.36 bits per heavy atom. The van der Waals surface area contributed by atoms with Crippen LogP contribution in [0.25, 0.3) is 0 Å². The topological polar surface area (TPSA) is 125 Å². The lowest BCUT2D eigenvalue weighted by molar-refractivity contribution is -0.384. The van der Waals surface area contributed by atoms with Gasteiger partial charge in [-0.05, 0) is 36.2 Å². The Morgan fingerprint density at radius 2 is 1.88 bits per heavy atom. The van der Waals surface area contributed by atoms with Crippen LogP contribution in [-0.2, 0) is 10.0 Å². The second-order valence-electron chi connectivity index (χ2n) is 5.36. The summed E-state index contributed by atoms with van der Waals surface area (Å²) in [6, 6.07) is 10.7. The van der Waals surface area contributed by atoms with Gasteiger partial charge in [0.25, 0.3) is 5.69 Å². The van der Waals surface area contributed by atoms with Crippen molar-refractivity contribution in [1.82, 2.24) is 0 Å². The van der Waals surface area contributed by atoms with Crippen molar-refractivity contribution < 1.29 is 18.1 Å². The Morgan fingerprint density at radius 1 is 1.24 bits per heavy atom. The Bertz CT molecular complexity index is 866. The molecule has 0 bridgehead atoms. The van der Waals surface area contributed by atoms with Gasteiger partial charge in [-0.25, -0.2) is 13.6 Å². The molecule has 0 aliphatic rings. The highest BCUT2D eigenvalue weighted by Gasteiger charge is 2.21. The second kappa shape index (κ2) is 7.49. The van der Waals surface area contributed by atoms with Crippen LogP contribution < -0.4 is 15.2 Å². The first-order chi connectivity index (χ1) is 11.8. The first kappa shape index (κ1) is 18.7. The maximum Gasteiger partial charge on any atom is 0.293 e. The molecule has 0 aliphatic heterocycles. The van der Waals surface area contributed by atoms with Gasteiger partial charge in [-0.3, -0.25) is 10.1 Å². The number of methoxy groups -OCH3 is 1. The average Bonchev–Trinajstić information content (AvgIpc) is 2.58. The molecule has 3 N–H and O–H groups in total. The quantitative estimate of drug-likeness (QED) is 0.574. The number of anilines is 1. The third-order valence-electron chi connectivity index (χ3n) is 3.75. The standard InChI is InChI=1S/C16H19N3O5S/c1-3-14(11-4-6-12(24-2)7-5-11)18-15-9-8-13(25(17,22)23)10-16(15)19(20)21/h4-10,14,18H,3H2,1-2H3,(H2,17,22,23). The molecular formula is C16H19N3O5S. The van der Waals surface area contributed by atoms with Gasteiger partial charge >= 0.3 is 0 Å². The molecule has 0 radical (unpaired) electrons. The second-order valence-corrected chi connectivity index (χ2v) is 6.92. The number of hydrogen-bond donors (Lipinski definition) is 2. The van der Waals surface area contributed by atoms with Crippen molar-refractivity contribution in [3.8, 4) is 5.75 Å². The lowest BCUT2D eigenvalue weighted by Gasteiger charge is -2.19. The van der Waals surface area contributed by atoms with Gasteiger partial charge in [0.15, 0.2) is 0 Å². The van der Waals surface area contributed by atoms with Crippen LogP contribution >= 0.6 is 0 Å². The molecule has 0 amide bonds. The molecule has 8 nitrogen and oxygen atoms in total. The van der Waals surface area contributed by atoms with Gasteiger partial charge in [0.05, 0.1) is 23.0 Å². The molecule has 2 aromatic carbocycles. The van der Waals surface area contributed by atoms with Gasteiger partial charge in [0.2, 0.25) is 10.0 Å². The molecule has 2 rings (SSSR count). The lowest BCUT2D eigenvalue weighted by atomic mass is 10.0. The fraction of sp³-hybridized carbons (Fsp3) is 0.250. The van der Waals surface area contributed by atoms with Crippen LogP contribution in [0.3, 0.4) is 0 Å². The zero-order chi connectivity index (χ0) is 18.6. The Labute approximate surface area is 145 Å². The summed E-state index contributed by atoms with van der Waals surface area (Å²) in [7, 11) is -2.45. The molecule has 134 valence electrons. The SMILES string of the molecule is CCC(Nc1ccc(S(N)(=O)=O)cc1[N+](=O)[O-])c1ccc(OC)cc1. The number of nitrogens with zero attached hydrogens (tertiary/aromatic N) is 1. The van der Waals surface area contributed by atoms with Crippen LogP contribution in [-0.4, -0.2) is 20.5 Å². The van der Waals surface area contributed by atoms with Crippen molar-refractivity contribution in [1.29, 1.82) is 0 Å². The number of primary sulfonamides is 1. The minimum Gasteiger partial charge on any atom is -0.497 e. The van der Waals surface area contributed by atoms with Gasteiger partial charge in [0.1, 0.15) is 11.4 Å². The molecule has 0 fully saturated rings. The zero-order valence-electron chi connectivity index (χ0n) is 13.8. The average molecular weight is 365 g/mol. The van der Waals surface area contributed by atoms with Gasteiger partial charge < -0.3 is 10.1 Å². The summed E-state index contributed by atoms with van der Waals surface area (Å²) in [5, 5.41) is 19.4. The predicted molar refractivity (Wildman–Crippen MR) is 94.1 cm³/mol. The van der Waals surface area contributed by atoms with Crippen LogP contribution in [0, 0.1) is 10.1 Å². The summed E-state index contributed by atoms with van der Waals surface area (Å²) in [5.41, 5.74) is 0.798. The predicted octanol–water partition coefficient (Wildman–Crippen LogP) is 2.81. The molecule has 0 aliphatic carbocycles. The summed E-state index contributed by atoms with van der Waals surface area (Å²) >= 11 is 0. The number of nitrogens with one attached hydrogen (secondary N) is 1. The van der Waals surface area contributed by atoms with E-state index in [1.807, 2.05) is 19.1 Å². The lowest BCUT2D eigenvalue weighted by Crippen LogP contribution is -2.14. The number of sulfonamides is 1. The van der Waals surface area contributed by atoms with E-state index in [1.165, 1.54) is 12.1 Å². The molecule has 0 saturated heterocycles. The Kier molecular flexibility index (Phi) is 5.60. The van der Waals surface area contributed by atoms with Gasteiger partial charge in [0, 0.05) is 6.07 Å². The Hall–Kier alpha value is -2.65. The maximum atomic E-state index is 11.4. The molecule has 2 aromatic rings. The molecule has 0 heterocycles. The Balaban J connectivity index is 2.37. The maximum absolute atomic E-state index is 11.4. The number of nitro groups is 1. The highest BCUT2D eigenvalue weighted by molar-refractivity contribution is 7.89. The number of nitro benzene ring substituents is 1. The minimum absolute atomic E-state index is 0.190. The van der Waals surface area contributed by atoms with Crippen molar-refractivity contribution in [2.75, 3.05) is 12.4 Å². The molecular weight excluding hydrogens is 346 g/mol. The molecule has 1 unspecified atom stereocenters. The van der Waals surface area contributed by atoms with Crippen LogP contribution in [0.1, 0.15) is 24.9 Å². The van der Waals surface area contributed by atoms with Crippen molar-refractivity contribution in [3.63, 3.8) is 0 Å². The van der Waals surface area contributed by atoms with E-state index < -0.39 is 14.9 Å². The van der Waals surface area contributed by atoms with Crippen molar-refractivity contribution in [3.05, 3.63) is 58.1 Å². The molecule has 0 saturated carbocycles. The summed E-state index contributed by atoms with van der Waals surface area (Å²) in [6.45, 7) is 1.94. The first-order valence-electron chi connectivity index (χ1n) is 7.48. The number of ether oxygens (including phenoxy) is 1. The van der Waals surface area contributed by atoms with E-state index in [4.69, 9.17) is 9.88 Å². The largest absolute Gasteiger partial charge is 0.497 e. The van der Waals surface area contributed by atoms with E-state index >= 15 is 0 Å². The zero-order valence-corrected chi connectivity index (χ0v) is 14.6. The van der Waals surface area contributed by atoms with E-state index in [0.29, 0.717) is 12.2 Å². The van der Waals surface area contributed by atoms with E-state index in [1.54, 1.807) is 19.2 Å². The number of hydrogen-bond acceptors (Lipinski definition) is 6. The normalized spacial score (nSPS) is 12.4. The smallest absolute Gasteiger partial charge is 0.293 e. The third kappa shape index (κ3) is 4.46. The van der Waals surface area contributed by atoms with Crippen molar-refractivity contribution in [2.45, 2.75) is 24.3 Å². The van der Waals surface area contributed by atoms with Gasteiger partial charge in [-0.2, -0.15) is 0 Å². The molecule has 1 atom stereocenters. The van der Waals surface area contributed by atoms with Crippen LogP contribution in [0.2, 0.25) is 0 Å².